The van der Waals surface area contributed by atoms with E-state index in [2.05, 4.69) is 66.3 Å². The maximum Gasteiger partial charge on any atom is 0.191 e. The van der Waals surface area contributed by atoms with Gasteiger partial charge in [-0.2, -0.15) is 0 Å². The van der Waals surface area contributed by atoms with E-state index in [1.165, 1.54) is 11.1 Å². The Bertz CT molecular complexity index is 1010. The first kappa shape index (κ1) is 24.4. The molecule has 0 radical (unpaired) electrons. The summed E-state index contributed by atoms with van der Waals surface area (Å²) in [4.78, 5) is 6.97. The Hall–Kier alpha value is -2.20. The Labute approximate surface area is 207 Å². The molecule has 4 rings (SSSR count). The van der Waals surface area contributed by atoms with Gasteiger partial charge in [-0.05, 0) is 49.4 Å². The van der Waals surface area contributed by atoms with Crippen molar-refractivity contribution in [3.8, 4) is 0 Å². The summed E-state index contributed by atoms with van der Waals surface area (Å²) >= 11 is 0. The molecule has 1 fully saturated rings. The van der Waals surface area contributed by atoms with Gasteiger partial charge in [0.2, 0.25) is 0 Å². The molecule has 0 amide bonds. The van der Waals surface area contributed by atoms with Crippen molar-refractivity contribution >= 4 is 35.6 Å². The number of hydrogen-bond acceptors (Lipinski definition) is 4. The molecule has 1 aromatic carbocycles. The third kappa shape index (κ3) is 6.41. The van der Waals surface area contributed by atoms with E-state index in [0.29, 0.717) is 6.04 Å². The quantitative estimate of drug-likeness (QED) is 0.206. The van der Waals surface area contributed by atoms with E-state index < -0.39 is 0 Å². The van der Waals surface area contributed by atoms with Gasteiger partial charge >= 0.3 is 0 Å². The monoisotopic (exact) mass is 547 g/mol. The molecule has 1 aliphatic heterocycles. The maximum absolute atomic E-state index is 4.41. The number of halogens is 1. The molecular formula is C24H34IN7. The van der Waals surface area contributed by atoms with E-state index in [4.69, 9.17) is 0 Å². The number of aliphatic imine (C=N–C) groups is 1. The number of fused-ring (bicyclic) bond motifs is 1. The molecule has 2 N–H and O–H groups in total. The SMILES string of the molecule is CN=C(NCCCc1nnc2ccccn12)NC1CCN(Cc2ccccc2C)CC1.I. The number of pyridine rings is 1. The average molecular weight is 547 g/mol. The minimum absolute atomic E-state index is 0. The summed E-state index contributed by atoms with van der Waals surface area (Å²) in [7, 11) is 1.84. The summed E-state index contributed by atoms with van der Waals surface area (Å²) in [6, 6.07) is 15.1. The van der Waals surface area contributed by atoms with Gasteiger partial charge in [-0.3, -0.25) is 14.3 Å². The second-order valence-electron chi connectivity index (χ2n) is 8.27. The molecule has 0 bridgehead atoms. The van der Waals surface area contributed by atoms with E-state index in [1.807, 2.05) is 31.4 Å². The van der Waals surface area contributed by atoms with Crippen molar-refractivity contribution in [2.75, 3.05) is 26.7 Å². The molecule has 1 aliphatic rings. The van der Waals surface area contributed by atoms with Gasteiger partial charge in [-0.25, -0.2) is 0 Å². The number of aromatic nitrogens is 3. The summed E-state index contributed by atoms with van der Waals surface area (Å²) in [6.45, 7) is 6.33. The van der Waals surface area contributed by atoms with E-state index in [9.17, 15) is 0 Å². The topological polar surface area (TPSA) is 69.8 Å². The summed E-state index contributed by atoms with van der Waals surface area (Å²) in [6.07, 6.45) is 6.15. The minimum Gasteiger partial charge on any atom is -0.356 e. The van der Waals surface area contributed by atoms with Crippen molar-refractivity contribution in [3.05, 3.63) is 65.6 Å². The highest BCUT2D eigenvalue weighted by Gasteiger charge is 2.20. The molecule has 32 heavy (non-hydrogen) atoms. The summed E-state index contributed by atoms with van der Waals surface area (Å²) in [5.74, 6) is 1.89. The number of aryl methyl sites for hydroxylation is 2. The zero-order valence-electron chi connectivity index (χ0n) is 19.0. The van der Waals surface area contributed by atoms with Crippen molar-refractivity contribution in [1.29, 1.82) is 0 Å². The lowest BCUT2D eigenvalue weighted by Crippen LogP contribution is -2.48. The van der Waals surface area contributed by atoms with Crippen LogP contribution >= 0.6 is 24.0 Å². The van der Waals surface area contributed by atoms with E-state index in [1.54, 1.807) is 0 Å². The summed E-state index contributed by atoms with van der Waals surface area (Å²) in [5.41, 5.74) is 3.72. The fraction of sp³-hybridized carbons (Fsp3) is 0.458. The first-order chi connectivity index (χ1) is 15.2. The second-order valence-corrected chi connectivity index (χ2v) is 8.27. The minimum atomic E-state index is 0. The standard InChI is InChI=1S/C24H33N7.HI/c1-19-8-3-4-9-20(19)18-30-16-12-21(13-17-30)27-24(25-2)26-14-7-11-23-29-28-22-10-5-6-15-31(22)23;/h3-6,8-10,15,21H,7,11-14,16-18H2,1-2H3,(H2,25,26,27);1H. The Morgan fingerprint density at radius 2 is 1.88 bits per heavy atom. The number of nitrogens with one attached hydrogen (secondary N) is 2. The van der Waals surface area contributed by atoms with Gasteiger partial charge in [-0.15, -0.1) is 34.2 Å². The van der Waals surface area contributed by atoms with Crippen LogP contribution in [0.15, 0.2) is 53.7 Å². The molecule has 0 atom stereocenters. The molecule has 172 valence electrons. The first-order valence-corrected chi connectivity index (χ1v) is 11.3. The highest BCUT2D eigenvalue weighted by atomic mass is 127. The molecule has 1 saturated heterocycles. The molecule has 0 unspecified atom stereocenters. The number of guanidine groups is 1. The zero-order valence-corrected chi connectivity index (χ0v) is 21.3. The zero-order chi connectivity index (χ0) is 21.5. The van der Waals surface area contributed by atoms with Crippen molar-refractivity contribution in [2.45, 2.75) is 45.2 Å². The van der Waals surface area contributed by atoms with Gasteiger partial charge in [0, 0.05) is 51.9 Å². The van der Waals surface area contributed by atoms with Crippen LogP contribution in [0.5, 0.6) is 0 Å². The van der Waals surface area contributed by atoms with Crippen LogP contribution in [-0.4, -0.2) is 58.2 Å². The molecule has 3 aromatic rings. The smallest absolute Gasteiger partial charge is 0.191 e. The lowest BCUT2D eigenvalue weighted by molar-refractivity contribution is 0.198. The Morgan fingerprint density at radius 3 is 2.66 bits per heavy atom. The van der Waals surface area contributed by atoms with Crippen molar-refractivity contribution < 1.29 is 0 Å². The lowest BCUT2D eigenvalue weighted by Gasteiger charge is -2.33. The predicted octanol–water partition coefficient (Wildman–Crippen LogP) is 3.42. The van der Waals surface area contributed by atoms with Gasteiger partial charge < -0.3 is 10.6 Å². The predicted molar refractivity (Wildman–Crippen MR) is 141 cm³/mol. The third-order valence-corrected chi connectivity index (χ3v) is 6.06. The first-order valence-electron chi connectivity index (χ1n) is 11.3. The molecule has 8 heteroatoms. The van der Waals surface area contributed by atoms with Gasteiger partial charge in [0.15, 0.2) is 11.6 Å². The van der Waals surface area contributed by atoms with Crippen LogP contribution in [0.25, 0.3) is 5.65 Å². The molecule has 2 aromatic heterocycles. The van der Waals surface area contributed by atoms with Crippen LogP contribution in [0, 0.1) is 6.92 Å². The number of hydrogen-bond donors (Lipinski definition) is 2. The van der Waals surface area contributed by atoms with Gasteiger partial charge in [0.05, 0.1) is 0 Å². The molecule has 3 heterocycles. The molecule has 0 spiro atoms. The van der Waals surface area contributed by atoms with Crippen molar-refractivity contribution in [2.24, 2.45) is 4.99 Å². The average Bonchev–Trinajstić information content (AvgIpc) is 3.21. The van der Waals surface area contributed by atoms with Gasteiger partial charge in [-0.1, -0.05) is 30.3 Å². The largest absolute Gasteiger partial charge is 0.356 e. The van der Waals surface area contributed by atoms with Crippen LogP contribution in [0.2, 0.25) is 0 Å². The Balaban J connectivity index is 0.00000289. The summed E-state index contributed by atoms with van der Waals surface area (Å²) in [5, 5.41) is 15.6. The molecule has 0 aliphatic carbocycles. The fourth-order valence-corrected chi connectivity index (χ4v) is 4.17. The maximum atomic E-state index is 4.41. The Morgan fingerprint density at radius 1 is 1.09 bits per heavy atom. The van der Waals surface area contributed by atoms with E-state index in [-0.39, 0.29) is 24.0 Å². The summed E-state index contributed by atoms with van der Waals surface area (Å²) < 4.78 is 2.05. The number of nitrogens with zero attached hydrogens (tertiary/aromatic N) is 5. The van der Waals surface area contributed by atoms with Crippen LogP contribution in [0.1, 0.15) is 36.2 Å². The van der Waals surface area contributed by atoms with Crippen molar-refractivity contribution in [1.82, 2.24) is 30.1 Å². The molecular weight excluding hydrogens is 513 g/mol. The van der Waals surface area contributed by atoms with Crippen molar-refractivity contribution in [3.63, 3.8) is 0 Å². The normalized spacial score (nSPS) is 15.5. The fourth-order valence-electron chi connectivity index (χ4n) is 4.17. The second kappa shape index (κ2) is 12.2. The molecule has 0 saturated carbocycles. The van der Waals surface area contributed by atoms with E-state index >= 15 is 0 Å². The van der Waals surface area contributed by atoms with Crippen LogP contribution < -0.4 is 10.6 Å². The lowest BCUT2D eigenvalue weighted by atomic mass is 10.0. The van der Waals surface area contributed by atoms with Crippen LogP contribution in [0.3, 0.4) is 0 Å². The van der Waals surface area contributed by atoms with Gasteiger partial charge in [0.25, 0.3) is 0 Å². The van der Waals surface area contributed by atoms with Crippen LogP contribution in [-0.2, 0) is 13.0 Å². The molecule has 7 nitrogen and oxygen atoms in total. The number of likely N-dealkylation sites (tertiary alicyclic amines) is 1. The Kier molecular flexibility index (Phi) is 9.28. The number of rotatable bonds is 7. The number of piperidine rings is 1. The van der Waals surface area contributed by atoms with Gasteiger partial charge in [0.1, 0.15) is 5.82 Å². The highest BCUT2D eigenvalue weighted by Crippen LogP contribution is 2.16. The van der Waals surface area contributed by atoms with Crippen LogP contribution in [0.4, 0.5) is 0 Å². The third-order valence-electron chi connectivity index (χ3n) is 6.06. The highest BCUT2D eigenvalue weighted by molar-refractivity contribution is 14.0. The van der Waals surface area contributed by atoms with E-state index in [0.717, 1.165) is 69.3 Å². The number of benzene rings is 1.